The molecule has 0 aliphatic heterocycles. The van der Waals surface area contributed by atoms with Crippen LogP contribution in [0.2, 0.25) is 0 Å². The van der Waals surface area contributed by atoms with Crippen LogP contribution in [0, 0.1) is 0 Å². The van der Waals surface area contributed by atoms with E-state index in [4.69, 9.17) is 0 Å². The second-order valence-electron chi connectivity index (χ2n) is 3.23. The number of rotatable bonds is 4. The summed E-state index contributed by atoms with van der Waals surface area (Å²) >= 11 is 3.28. The van der Waals surface area contributed by atoms with Crippen LogP contribution in [0.15, 0.2) is 28.7 Å². The molecule has 16 heavy (non-hydrogen) atoms. The van der Waals surface area contributed by atoms with E-state index in [-0.39, 0.29) is 12.2 Å². The molecule has 88 valence electrons. The average Bonchev–Trinajstić information content (AvgIpc) is 2.21. The molecule has 1 aromatic rings. The molecule has 0 spiro atoms. The lowest BCUT2D eigenvalue weighted by Gasteiger charge is -2.04. The van der Waals surface area contributed by atoms with Crippen LogP contribution in [-0.2, 0) is 21.2 Å². The highest BCUT2D eigenvalue weighted by Gasteiger charge is 2.11. The Bertz CT molecular complexity index is 467. The lowest BCUT2D eigenvalue weighted by molar-refractivity contribution is -0.118. The van der Waals surface area contributed by atoms with Gasteiger partial charge in [0, 0.05) is 4.47 Å². The van der Waals surface area contributed by atoms with Crippen molar-refractivity contribution in [3.63, 3.8) is 0 Å². The fourth-order valence-electron chi connectivity index (χ4n) is 1.07. The van der Waals surface area contributed by atoms with Gasteiger partial charge in [0.2, 0.25) is 15.9 Å². The molecule has 4 nitrogen and oxygen atoms in total. The number of hydrogen-bond donors (Lipinski definition) is 1. The average molecular weight is 306 g/mol. The van der Waals surface area contributed by atoms with E-state index in [0.29, 0.717) is 0 Å². The van der Waals surface area contributed by atoms with Gasteiger partial charge in [-0.25, -0.2) is 8.42 Å². The van der Waals surface area contributed by atoms with Gasteiger partial charge in [-0.05, 0) is 24.6 Å². The molecule has 0 saturated heterocycles. The maximum absolute atomic E-state index is 11.4. The monoisotopic (exact) mass is 305 g/mol. The summed E-state index contributed by atoms with van der Waals surface area (Å²) in [6.45, 7) is 1.48. The van der Waals surface area contributed by atoms with Crippen LogP contribution in [0.3, 0.4) is 0 Å². The Balaban J connectivity index is 2.62. The molecule has 1 aromatic carbocycles. The van der Waals surface area contributed by atoms with Crippen molar-refractivity contribution in [1.29, 1.82) is 0 Å². The van der Waals surface area contributed by atoms with Crippen molar-refractivity contribution < 1.29 is 13.2 Å². The molecule has 0 saturated carbocycles. The van der Waals surface area contributed by atoms with Gasteiger partial charge in [-0.2, -0.15) is 0 Å². The number of carbonyl (C=O) groups is 1. The van der Waals surface area contributed by atoms with Gasteiger partial charge in [0.25, 0.3) is 0 Å². The summed E-state index contributed by atoms with van der Waals surface area (Å²) in [4.78, 5) is 11.4. The fraction of sp³-hybridized carbons (Fsp3) is 0.300. The molecule has 0 radical (unpaired) electrons. The minimum Gasteiger partial charge on any atom is -0.274 e. The highest BCUT2D eigenvalue weighted by atomic mass is 79.9. The van der Waals surface area contributed by atoms with Crippen molar-refractivity contribution in [3.05, 3.63) is 34.3 Å². The fourth-order valence-corrected chi connectivity index (χ4v) is 1.90. The number of carbonyl (C=O) groups excluding carboxylic acids is 1. The van der Waals surface area contributed by atoms with Crippen molar-refractivity contribution in [3.8, 4) is 0 Å². The summed E-state index contributed by atoms with van der Waals surface area (Å²) in [7, 11) is -3.46. The molecule has 1 amide bonds. The maximum Gasteiger partial charge on any atom is 0.237 e. The Labute approximate surface area is 103 Å². The molecule has 0 aromatic heterocycles. The molecule has 0 aliphatic carbocycles. The van der Waals surface area contributed by atoms with Crippen molar-refractivity contribution in [2.24, 2.45) is 0 Å². The molecule has 0 aliphatic rings. The van der Waals surface area contributed by atoms with E-state index in [2.05, 4.69) is 15.9 Å². The van der Waals surface area contributed by atoms with Crippen LogP contribution >= 0.6 is 15.9 Å². The van der Waals surface area contributed by atoms with Crippen molar-refractivity contribution >= 4 is 31.9 Å². The molecular weight excluding hydrogens is 294 g/mol. The standard InChI is InChI=1S/C10H12BrNO3S/c1-2-16(14,15)12-10(13)7-8-3-5-9(11)6-4-8/h3-6H,2,7H2,1H3,(H,12,13). The molecule has 6 heteroatoms. The van der Waals surface area contributed by atoms with Gasteiger partial charge < -0.3 is 0 Å². The Morgan fingerprint density at radius 2 is 1.88 bits per heavy atom. The van der Waals surface area contributed by atoms with Gasteiger partial charge >= 0.3 is 0 Å². The Morgan fingerprint density at radius 3 is 2.38 bits per heavy atom. The molecule has 1 N–H and O–H groups in total. The number of amides is 1. The van der Waals surface area contributed by atoms with Crippen molar-refractivity contribution in [2.75, 3.05) is 5.75 Å². The Hall–Kier alpha value is -0.880. The minimum atomic E-state index is -3.46. The summed E-state index contributed by atoms with van der Waals surface area (Å²) in [6.07, 6.45) is 0.0620. The lowest BCUT2D eigenvalue weighted by atomic mass is 10.1. The quantitative estimate of drug-likeness (QED) is 0.916. The molecule has 0 fully saturated rings. The number of benzene rings is 1. The first kappa shape index (κ1) is 13.2. The van der Waals surface area contributed by atoms with Gasteiger partial charge in [0.1, 0.15) is 0 Å². The molecular formula is C10H12BrNO3S. The third-order valence-corrected chi connectivity index (χ3v) is 3.75. The highest BCUT2D eigenvalue weighted by Crippen LogP contribution is 2.10. The normalized spacial score (nSPS) is 11.1. The zero-order valence-electron chi connectivity index (χ0n) is 8.73. The van der Waals surface area contributed by atoms with E-state index < -0.39 is 15.9 Å². The summed E-state index contributed by atoms with van der Waals surface area (Å²) in [5.41, 5.74) is 0.770. The van der Waals surface area contributed by atoms with Crippen LogP contribution < -0.4 is 4.72 Å². The highest BCUT2D eigenvalue weighted by molar-refractivity contribution is 9.10. The maximum atomic E-state index is 11.4. The van der Waals surface area contributed by atoms with Gasteiger partial charge in [0.15, 0.2) is 0 Å². The Morgan fingerprint density at radius 1 is 1.31 bits per heavy atom. The summed E-state index contributed by atoms with van der Waals surface area (Å²) in [5.74, 6) is -0.608. The van der Waals surface area contributed by atoms with Crippen LogP contribution in [0.5, 0.6) is 0 Å². The molecule has 0 atom stereocenters. The number of sulfonamides is 1. The smallest absolute Gasteiger partial charge is 0.237 e. The van der Waals surface area contributed by atoms with E-state index >= 15 is 0 Å². The van der Waals surface area contributed by atoms with E-state index in [1.807, 2.05) is 4.72 Å². The summed E-state index contributed by atoms with van der Waals surface area (Å²) < 4.78 is 25.1. The predicted molar refractivity (Wildman–Crippen MR) is 65.4 cm³/mol. The minimum absolute atomic E-state index is 0.0620. The summed E-state index contributed by atoms with van der Waals surface area (Å²) in [5, 5.41) is 0. The van der Waals surface area contributed by atoms with Crippen molar-refractivity contribution in [2.45, 2.75) is 13.3 Å². The molecule has 1 rings (SSSR count). The van der Waals surface area contributed by atoms with Crippen LogP contribution in [-0.4, -0.2) is 20.1 Å². The predicted octanol–water partition coefficient (Wildman–Crippen LogP) is 1.46. The second kappa shape index (κ2) is 5.45. The van der Waals surface area contributed by atoms with E-state index in [9.17, 15) is 13.2 Å². The SMILES string of the molecule is CCS(=O)(=O)NC(=O)Cc1ccc(Br)cc1. The molecule has 0 unspecified atom stereocenters. The first-order valence-corrected chi connectivity index (χ1v) is 7.15. The van der Waals surface area contributed by atoms with Crippen LogP contribution in [0.1, 0.15) is 12.5 Å². The zero-order chi connectivity index (χ0) is 12.2. The van der Waals surface area contributed by atoms with Crippen molar-refractivity contribution in [1.82, 2.24) is 4.72 Å². The van der Waals surface area contributed by atoms with Crippen LogP contribution in [0.4, 0.5) is 0 Å². The van der Waals surface area contributed by atoms with Gasteiger partial charge in [-0.1, -0.05) is 28.1 Å². The van der Waals surface area contributed by atoms with E-state index in [1.54, 1.807) is 24.3 Å². The second-order valence-corrected chi connectivity index (χ2v) is 6.16. The van der Waals surface area contributed by atoms with Crippen LogP contribution in [0.25, 0.3) is 0 Å². The first-order chi connectivity index (χ1) is 7.43. The number of nitrogens with one attached hydrogen (secondary N) is 1. The third kappa shape index (κ3) is 4.32. The number of halogens is 1. The first-order valence-electron chi connectivity index (χ1n) is 4.70. The third-order valence-electron chi connectivity index (χ3n) is 1.93. The summed E-state index contributed by atoms with van der Waals surface area (Å²) in [6, 6.07) is 7.14. The largest absolute Gasteiger partial charge is 0.274 e. The van der Waals surface area contributed by atoms with E-state index in [0.717, 1.165) is 10.0 Å². The van der Waals surface area contributed by atoms with Gasteiger partial charge in [-0.15, -0.1) is 0 Å². The zero-order valence-corrected chi connectivity index (χ0v) is 11.1. The molecule has 0 bridgehead atoms. The lowest BCUT2D eigenvalue weighted by Crippen LogP contribution is -2.32. The number of hydrogen-bond acceptors (Lipinski definition) is 3. The topological polar surface area (TPSA) is 63.2 Å². The Kier molecular flexibility index (Phi) is 4.49. The molecule has 0 heterocycles. The van der Waals surface area contributed by atoms with Gasteiger partial charge in [-0.3, -0.25) is 9.52 Å². The van der Waals surface area contributed by atoms with Gasteiger partial charge in [0.05, 0.1) is 12.2 Å². The van der Waals surface area contributed by atoms with E-state index in [1.165, 1.54) is 6.92 Å².